The van der Waals surface area contributed by atoms with Crippen LogP contribution in [0.2, 0.25) is 0 Å². The van der Waals surface area contributed by atoms with Gasteiger partial charge in [-0.25, -0.2) is 0 Å². The van der Waals surface area contributed by atoms with E-state index in [1.54, 1.807) is 35.6 Å². The summed E-state index contributed by atoms with van der Waals surface area (Å²) in [6, 6.07) is 9.15. The van der Waals surface area contributed by atoms with E-state index in [1.807, 2.05) is 6.92 Å². The fourth-order valence-electron chi connectivity index (χ4n) is 3.27. The zero-order valence-corrected chi connectivity index (χ0v) is 17.8. The number of carbonyl (C=O) groups is 2. The summed E-state index contributed by atoms with van der Waals surface area (Å²) in [5, 5.41) is 10.9. The lowest BCUT2D eigenvalue weighted by Crippen LogP contribution is -2.38. The van der Waals surface area contributed by atoms with Crippen molar-refractivity contribution in [2.45, 2.75) is 32.6 Å². The summed E-state index contributed by atoms with van der Waals surface area (Å²) in [5.41, 5.74) is 2.34. The number of nitrogens with one attached hydrogen (secondary N) is 2. The Morgan fingerprint density at radius 2 is 1.83 bits per heavy atom. The molecule has 0 bridgehead atoms. The zero-order valence-electron chi connectivity index (χ0n) is 17.0. The number of imide groups is 1. The molecule has 154 valence electrons. The number of amides is 2. The van der Waals surface area contributed by atoms with Crippen LogP contribution in [-0.4, -0.2) is 48.9 Å². The molecular weight excluding hydrogens is 384 g/mol. The molecule has 1 atom stereocenters. The largest absolute Gasteiger partial charge is 0.357 e. The Morgan fingerprint density at radius 3 is 2.45 bits per heavy atom. The molecule has 1 aromatic heterocycles. The van der Waals surface area contributed by atoms with Crippen LogP contribution >= 0.6 is 11.3 Å². The predicted molar refractivity (Wildman–Crippen MR) is 118 cm³/mol. The van der Waals surface area contributed by atoms with E-state index < -0.39 is 0 Å². The van der Waals surface area contributed by atoms with Crippen LogP contribution in [0.4, 0.5) is 0 Å². The molecule has 1 aromatic carbocycles. The lowest BCUT2D eigenvalue weighted by atomic mass is 10.1. The quantitative estimate of drug-likeness (QED) is 0.286. The van der Waals surface area contributed by atoms with Gasteiger partial charge in [-0.1, -0.05) is 19.1 Å². The van der Waals surface area contributed by atoms with E-state index in [9.17, 15) is 9.59 Å². The number of carbonyl (C=O) groups excluding carboxylic acids is 2. The molecule has 7 heteroatoms. The topological polar surface area (TPSA) is 73.8 Å². The van der Waals surface area contributed by atoms with Crippen molar-refractivity contribution >= 4 is 29.1 Å². The molecule has 0 radical (unpaired) electrons. The molecule has 0 fully saturated rings. The van der Waals surface area contributed by atoms with Gasteiger partial charge in [0, 0.05) is 32.1 Å². The second-order valence-corrected chi connectivity index (χ2v) is 7.90. The summed E-state index contributed by atoms with van der Waals surface area (Å²) in [5.74, 6) is 0.813. The third-order valence-corrected chi connectivity index (χ3v) is 5.66. The van der Waals surface area contributed by atoms with Gasteiger partial charge in [0.15, 0.2) is 5.96 Å². The SMILES string of the molecule is CCNC(=NCC(C)c1ccsc1)NCCCCN1C(=O)c2ccccc2C1=O. The van der Waals surface area contributed by atoms with Gasteiger partial charge in [0.05, 0.1) is 11.1 Å². The maximum Gasteiger partial charge on any atom is 0.261 e. The Bertz CT molecular complexity index is 828. The number of hydrogen-bond donors (Lipinski definition) is 2. The number of rotatable bonds is 9. The second-order valence-electron chi connectivity index (χ2n) is 7.12. The van der Waals surface area contributed by atoms with Crippen molar-refractivity contribution < 1.29 is 9.59 Å². The molecule has 0 saturated carbocycles. The molecule has 2 amide bonds. The van der Waals surface area contributed by atoms with Gasteiger partial charge >= 0.3 is 0 Å². The lowest BCUT2D eigenvalue weighted by molar-refractivity contribution is 0.0652. The van der Waals surface area contributed by atoms with E-state index in [0.717, 1.165) is 38.4 Å². The van der Waals surface area contributed by atoms with Gasteiger partial charge in [-0.3, -0.25) is 19.5 Å². The van der Waals surface area contributed by atoms with Crippen LogP contribution in [0, 0.1) is 0 Å². The monoisotopic (exact) mass is 412 g/mol. The molecule has 0 spiro atoms. The number of benzene rings is 1. The Labute approximate surface area is 176 Å². The Kier molecular flexibility index (Phi) is 7.41. The van der Waals surface area contributed by atoms with Crippen LogP contribution in [0.15, 0.2) is 46.1 Å². The zero-order chi connectivity index (χ0) is 20.6. The predicted octanol–water partition coefficient (Wildman–Crippen LogP) is 3.48. The number of thiophene rings is 1. The highest BCUT2D eigenvalue weighted by Crippen LogP contribution is 2.22. The van der Waals surface area contributed by atoms with E-state index in [4.69, 9.17) is 0 Å². The van der Waals surface area contributed by atoms with Crippen LogP contribution < -0.4 is 10.6 Å². The summed E-state index contributed by atoms with van der Waals surface area (Å²) in [4.78, 5) is 30.8. The van der Waals surface area contributed by atoms with E-state index in [-0.39, 0.29) is 11.8 Å². The van der Waals surface area contributed by atoms with Gasteiger partial charge in [0.25, 0.3) is 11.8 Å². The molecule has 1 unspecified atom stereocenters. The van der Waals surface area contributed by atoms with Gasteiger partial charge in [-0.15, -0.1) is 0 Å². The number of hydrogen-bond acceptors (Lipinski definition) is 4. The van der Waals surface area contributed by atoms with Crippen LogP contribution in [-0.2, 0) is 0 Å². The molecule has 3 rings (SSSR count). The number of nitrogens with zero attached hydrogens (tertiary/aromatic N) is 2. The number of unbranched alkanes of at least 4 members (excludes halogenated alkanes) is 1. The highest BCUT2D eigenvalue weighted by Gasteiger charge is 2.34. The summed E-state index contributed by atoms with van der Waals surface area (Å²) >= 11 is 1.71. The lowest BCUT2D eigenvalue weighted by Gasteiger charge is -2.15. The molecule has 1 aliphatic heterocycles. The minimum Gasteiger partial charge on any atom is -0.357 e. The first-order chi connectivity index (χ1) is 14.1. The van der Waals surface area contributed by atoms with Crippen molar-refractivity contribution in [3.8, 4) is 0 Å². The summed E-state index contributed by atoms with van der Waals surface area (Å²) in [6.45, 7) is 6.92. The van der Waals surface area contributed by atoms with Gasteiger partial charge in [-0.05, 0) is 54.3 Å². The Hall–Kier alpha value is -2.67. The van der Waals surface area contributed by atoms with E-state index in [0.29, 0.717) is 23.6 Å². The minimum atomic E-state index is -0.184. The van der Waals surface area contributed by atoms with Crippen molar-refractivity contribution in [2.24, 2.45) is 4.99 Å². The number of fused-ring (bicyclic) bond motifs is 1. The summed E-state index contributed by atoms with van der Waals surface area (Å²) in [6.07, 6.45) is 1.60. The van der Waals surface area contributed by atoms with Crippen LogP contribution in [0.1, 0.15) is 58.9 Å². The normalized spacial score (nSPS) is 14.8. The molecule has 29 heavy (non-hydrogen) atoms. The fourth-order valence-corrected chi connectivity index (χ4v) is 4.06. The third kappa shape index (κ3) is 5.23. The molecule has 0 aliphatic carbocycles. The molecule has 1 aliphatic rings. The van der Waals surface area contributed by atoms with Crippen LogP contribution in [0.5, 0.6) is 0 Å². The Morgan fingerprint density at radius 1 is 1.10 bits per heavy atom. The molecule has 2 heterocycles. The van der Waals surface area contributed by atoms with Crippen molar-refractivity contribution in [3.63, 3.8) is 0 Å². The fraction of sp³-hybridized carbons (Fsp3) is 0.409. The average molecular weight is 413 g/mol. The maximum atomic E-state index is 12.4. The van der Waals surface area contributed by atoms with Crippen molar-refractivity contribution in [3.05, 3.63) is 57.8 Å². The molecule has 2 N–H and O–H groups in total. The van der Waals surface area contributed by atoms with E-state index >= 15 is 0 Å². The first kappa shape index (κ1) is 21.0. The summed E-state index contributed by atoms with van der Waals surface area (Å²) in [7, 11) is 0. The van der Waals surface area contributed by atoms with E-state index in [2.05, 4.69) is 39.4 Å². The van der Waals surface area contributed by atoms with Crippen molar-refractivity contribution in [1.29, 1.82) is 0 Å². The maximum absolute atomic E-state index is 12.4. The van der Waals surface area contributed by atoms with Gasteiger partial charge < -0.3 is 10.6 Å². The standard InChI is InChI=1S/C22H28N4O2S/c1-3-23-22(25-14-16(2)17-10-13-29-15-17)24-11-6-7-12-26-20(27)18-8-4-5-9-19(18)21(26)28/h4-5,8-10,13,15-16H,3,6-7,11-12,14H2,1-2H3,(H2,23,24,25). The van der Waals surface area contributed by atoms with Crippen LogP contribution in [0.25, 0.3) is 0 Å². The highest BCUT2D eigenvalue weighted by atomic mass is 32.1. The molecule has 2 aromatic rings. The molecular formula is C22H28N4O2S. The number of aliphatic imine (C=N–C) groups is 1. The summed E-state index contributed by atoms with van der Waals surface area (Å²) < 4.78 is 0. The Balaban J connectivity index is 1.42. The first-order valence-electron chi connectivity index (χ1n) is 10.1. The number of guanidine groups is 1. The van der Waals surface area contributed by atoms with Gasteiger partial charge in [0.1, 0.15) is 0 Å². The van der Waals surface area contributed by atoms with Gasteiger partial charge in [-0.2, -0.15) is 11.3 Å². The average Bonchev–Trinajstić information content (AvgIpc) is 3.35. The first-order valence-corrected chi connectivity index (χ1v) is 11.1. The highest BCUT2D eigenvalue weighted by molar-refractivity contribution is 7.07. The second kappa shape index (κ2) is 10.2. The minimum absolute atomic E-state index is 0.184. The van der Waals surface area contributed by atoms with E-state index in [1.165, 1.54) is 10.5 Å². The van der Waals surface area contributed by atoms with Gasteiger partial charge in [0.2, 0.25) is 0 Å². The van der Waals surface area contributed by atoms with Crippen LogP contribution in [0.3, 0.4) is 0 Å². The third-order valence-electron chi connectivity index (χ3n) is 4.96. The van der Waals surface area contributed by atoms with Crippen molar-refractivity contribution in [2.75, 3.05) is 26.2 Å². The molecule has 6 nitrogen and oxygen atoms in total. The smallest absolute Gasteiger partial charge is 0.261 e. The molecule has 0 saturated heterocycles. The van der Waals surface area contributed by atoms with Crippen molar-refractivity contribution in [1.82, 2.24) is 15.5 Å².